The first-order chi connectivity index (χ1) is 5.63. The fraction of sp³-hybridized carbons (Fsp3) is 1.00. The van der Waals surface area contributed by atoms with Crippen LogP contribution in [0.15, 0.2) is 0 Å². The molecule has 3 unspecified atom stereocenters. The molecule has 2 nitrogen and oxygen atoms in total. The van der Waals surface area contributed by atoms with E-state index in [1.807, 2.05) is 0 Å². The second-order valence-corrected chi connectivity index (χ2v) is 4.22. The molecule has 1 heterocycles. The van der Waals surface area contributed by atoms with Crippen molar-refractivity contribution in [2.45, 2.75) is 33.3 Å². The molecule has 2 heteroatoms. The lowest BCUT2D eigenvalue weighted by atomic mass is 9.84. The molecule has 0 bridgehead atoms. The Labute approximate surface area is 74.9 Å². The largest absolute Gasteiger partial charge is 0.392 e. The van der Waals surface area contributed by atoms with Crippen LogP contribution in [0.1, 0.15) is 27.2 Å². The molecule has 1 saturated heterocycles. The molecule has 0 spiro atoms. The van der Waals surface area contributed by atoms with Crippen LogP contribution < -0.4 is 0 Å². The van der Waals surface area contributed by atoms with Crippen molar-refractivity contribution in [2.24, 2.45) is 17.8 Å². The minimum absolute atomic E-state index is 0.174. The van der Waals surface area contributed by atoms with E-state index in [1.165, 1.54) is 0 Å². The van der Waals surface area contributed by atoms with Gasteiger partial charge in [0.05, 0.1) is 12.7 Å². The Kier molecular flexibility index (Phi) is 3.53. The predicted octanol–water partition coefficient (Wildman–Crippen LogP) is 1.68. The molecule has 12 heavy (non-hydrogen) atoms. The lowest BCUT2D eigenvalue weighted by Crippen LogP contribution is -2.30. The van der Waals surface area contributed by atoms with Gasteiger partial charge in [-0.15, -0.1) is 0 Å². The van der Waals surface area contributed by atoms with Gasteiger partial charge in [0.25, 0.3) is 0 Å². The second-order valence-electron chi connectivity index (χ2n) is 4.22. The lowest BCUT2D eigenvalue weighted by molar-refractivity contribution is 0.0323. The van der Waals surface area contributed by atoms with Crippen LogP contribution in [0.25, 0.3) is 0 Å². The van der Waals surface area contributed by atoms with Crippen molar-refractivity contribution in [3.8, 4) is 0 Å². The monoisotopic (exact) mass is 172 g/mol. The maximum absolute atomic E-state index is 9.91. The Bertz CT molecular complexity index is 126. The molecule has 3 atom stereocenters. The topological polar surface area (TPSA) is 29.5 Å². The fourth-order valence-electron chi connectivity index (χ4n) is 1.65. The number of hydrogen-bond donors (Lipinski definition) is 1. The summed E-state index contributed by atoms with van der Waals surface area (Å²) in [6.45, 7) is 8.01. The highest BCUT2D eigenvalue weighted by Crippen LogP contribution is 2.25. The third-order valence-corrected chi connectivity index (χ3v) is 3.04. The van der Waals surface area contributed by atoms with E-state index in [1.54, 1.807) is 0 Å². The summed E-state index contributed by atoms with van der Waals surface area (Å²) >= 11 is 0. The maximum atomic E-state index is 9.91. The van der Waals surface area contributed by atoms with Crippen LogP contribution in [0.3, 0.4) is 0 Å². The zero-order valence-electron chi connectivity index (χ0n) is 8.29. The van der Waals surface area contributed by atoms with Crippen LogP contribution in [0.2, 0.25) is 0 Å². The SMILES string of the molecule is CC(C)C(C)C(O)C1CCOC1. The minimum atomic E-state index is -0.174. The normalized spacial score (nSPS) is 29.2. The van der Waals surface area contributed by atoms with Crippen molar-refractivity contribution >= 4 is 0 Å². The summed E-state index contributed by atoms with van der Waals surface area (Å²) < 4.78 is 5.25. The standard InChI is InChI=1S/C10H20O2/c1-7(2)8(3)10(11)9-4-5-12-6-9/h7-11H,4-6H2,1-3H3. The molecule has 0 aromatic heterocycles. The zero-order chi connectivity index (χ0) is 9.14. The molecule has 1 aliphatic heterocycles. The summed E-state index contributed by atoms with van der Waals surface area (Å²) in [5.41, 5.74) is 0. The van der Waals surface area contributed by atoms with Gasteiger partial charge in [-0.1, -0.05) is 20.8 Å². The number of rotatable bonds is 3. The van der Waals surface area contributed by atoms with Crippen LogP contribution >= 0.6 is 0 Å². The van der Waals surface area contributed by atoms with E-state index in [9.17, 15) is 5.11 Å². The number of aliphatic hydroxyl groups excluding tert-OH is 1. The first kappa shape index (κ1) is 10.0. The molecule has 72 valence electrons. The van der Waals surface area contributed by atoms with E-state index in [0.717, 1.165) is 19.6 Å². The van der Waals surface area contributed by atoms with Gasteiger partial charge in [0.15, 0.2) is 0 Å². The van der Waals surface area contributed by atoms with Gasteiger partial charge in [-0.3, -0.25) is 0 Å². The van der Waals surface area contributed by atoms with Gasteiger partial charge < -0.3 is 9.84 Å². The summed E-state index contributed by atoms with van der Waals surface area (Å²) in [5, 5.41) is 9.91. The van der Waals surface area contributed by atoms with Crippen LogP contribution in [0.5, 0.6) is 0 Å². The lowest BCUT2D eigenvalue weighted by Gasteiger charge is -2.26. The van der Waals surface area contributed by atoms with E-state index >= 15 is 0 Å². The van der Waals surface area contributed by atoms with Gasteiger partial charge in [0, 0.05) is 12.5 Å². The molecule has 1 aliphatic rings. The van der Waals surface area contributed by atoms with Gasteiger partial charge >= 0.3 is 0 Å². The average molecular weight is 172 g/mol. The summed E-state index contributed by atoms with van der Waals surface area (Å²) in [7, 11) is 0. The van der Waals surface area contributed by atoms with E-state index in [4.69, 9.17) is 4.74 Å². The van der Waals surface area contributed by atoms with Crippen LogP contribution in [-0.4, -0.2) is 24.4 Å². The number of aliphatic hydroxyl groups is 1. The molecule has 0 radical (unpaired) electrons. The summed E-state index contributed by atoms with van der Waals surface area (Å²) in [4.78, 5) is 0. The summed E-state index contributed by atoms with van der Waals surface area (Å²) in [6, 6.07) is 0. The van der Waals surface area contributed by atoms with E-state index in [-0.39, 0.29) is 6.10 Å². The summed E-state index contributed by atoms with van der Waals surface area (Å²) in [6.07, 6.45) is 0.852. The summed E-state index contributed by atoms with van der Waals surface area (Å²) in [5.74, 6) is 1.32. The molecule has 1 N–H and O–H groups in total. The highest BCUT2D eigenvalue weighted by Gasteiger charge is 2.29. The van der Waals surface area contributed by atoms with Gasteiger partial charge in [-0.05, 0) is 18.3 Å². The average Bonchev–Trinajstić information content (AvgIpc) is 2.53. The van der Waals surface area contributed by atoms with Crippen molar-refractivity contribution in [3.05, 3.63) is 0 Å². The fourth-order valence-corrected chi connectivity index (χ4v) is 1.65. The van der Waals surface area contributed by atoms with Crippen LogP contribution in [0, 0.1) is 17.8 Å². The van der Waals surface area contributed by atoms with Gasteiger partial charge in [0.1, 0.15) is 0 Å². The molecule has 0 aliphatic carbocycles. The Morgan fingerprint density at radius 1 is 1.33 bits per heavy atom. The number of hydrogen-bond acceptors (Lipinski definition) is 2. The van der Waals surface area contributed by atoms with Crippen molar-refractivity contribution in [1.29, 1.82) is 0 Å². The van der Waals surface area contributed by atoms with Crippen LogP contribution in [0.4, 0.5) is 0 Å². The molecular formula is C10H20O2. The Morgan fingerprint density at radius 3 is 2.42 bits per heavy atom. The van der Waals surface area contributed by atoms with Crippen molar-refractivity contribution in [1.82, 2.24) is 0 Å². The predicted molar refractivity (Wildman–Crippen MR) is 48.9 cm³/mol. The first-order valence-corrected chi connectivity index (χ1v) is 4.88. The molecule has 0 amide bonds. The maximum Gasteiger partial charge on any atom is 0.0619 e. The molecule has 0 aromatic rings. The third kappa shape index (κ3) is 2.20. The van der Waals surface area contributed by atoms with Gasteiger partial charge in [0.2, 0.25) is 0 Å². The third-order valence-electron chi connectivity index (χ3n) is 3.04. The van der Waals surface area contributed by atoms with E-state index in [2.05, 4.69) is 20.8 Å². The van der Waals surface area contributed by atoms with Crippen molar-refractivity contribution in [3.63, 3.8) is 0 Å². The highest BCUT2D eigenvalue weighted by molar-refractivity contribution is 4.78. The van der Waals surface area contributed by atoms with Crippen molar-refractivity contribution in [2.75, 3.05) is 13.2 Å². The highest BCUT2D eigenvalue weighted by atomic mass is 16.5. The molecule has 1 rings (SSSR count). The number of ether oxygens (including phenoxy) is 1. The molecule has 0 saturated carbocycles. The molecule has 0 aromatic carbocycles. The quantitative estimate of drug-likeness (QED) is 0.701. The second kappa shape index (κ2) is 4.24. The Hall–Kier alpha value is -0.0800. The van der Waals surface area contributed by atoms with Gasteiger partial charge in [-0.25, -0.2) is 0 Å². The first-order valence-electron chi connectivity index (χ1n) is 4.88. The Morgan fingerprint density at radius 2 is 2.00 bits per heavy atom. The van der Waals surface area contributed by atoms with Gasteiger partial charge in [-0.2, -0.15) is 0 Å². The van der Waals surface area contributed by atoms with E-state index in [0.29, 0.717) is 17.8 Å². The van der Waals surface area contributed by atoms with Crippen molar-refractivity contribution < 1.29 is 9.84 Å². The smallest absolute Gasteiger partial charge is 0.0619 e. The Balaban J connectivity index is 2.39. The zero-order valence-corrected chi connectivity index (χ0v) is 8.29. The minimum Gasteiger partial charge on any atom is -0.392 e. The van der Waals surface area contributed by atoms with Crippen LogP contribution in [-0.2, 0) is 4.74 Å². The molecular weight excluding hydrogens is 152 g/mol. The molecule has 1 fully saturated rings. The van der Waals surface area contributed by atoms with E-state index < -0.39 is 0 Å².